The summed E-state index contributed by atoms with van der Waals surface area (Å²) in [7, 11) is 0. The first-order chi connectivity index (χ1) is 16.2. The number of carbonyl (C=O) groups is 3. The van der Waals surface area contributed by atoms with Crippen LogP contribution in [0.1, 0.15) is 51.2 Å². The number of ether oxygens (including phenoxy) is 1. The van der Waals surface area contributed by atoms with Crippen LogP contribution >= 0.6 is 0 Å². The number of carbonyl (C=O) groups excluding carboxylic acids is 3. The van der Waals surface area contributed by atoms with Gasteiger partial charge in [-0.1, -0.05) is 32.9 Å². The molecule has 0 aliphatic carbocycles. The van der Waals surface area contributed by atoms with E-state index in [0.29, 0.717) is 25.1 Å². The highest BCUT2D eigenvalue weighted by molar-refractivity contribution is 6.04. The summed E-state index contributed by atoms with van der Waals surface area (Å²) in [6.07, 6.45) is 1.57. The Balaban J connectivity index is 1.75. The number of anilines is 1. The van der Waals surface area contributed by atoms with Gasteiger partial charge in [0.15, 0.2) is 0 Å². The number of aryl methyl sites for hydroxylation is 2. The molecule has 3 N–H and O–H groups in total. The van der Waals surface area contributed by atoms with Gasteiger partial charge in [0.2, 0.25) is 17.7 Å². The van der Waals surface area contributed by atoms with Crippen LogP contribution in [0.4, 0.5) is 5.69 Å². The number of nitrogens with zero attached hydrogens (tertiary/aromatic N) is 1. The van der Waals surface area contributed by atoms with E-state index in [2.05, 4.69) is 10.6 Å². The number of aliphatic hydroxyl groups excluding tert-OH is 1. The topological polar surface area (TPSA) is 108 Å². The highest BCUT2D eigenvalue weighted by Gasteiger charge is 2.75. The van der Waals surface area contributed by atoms with Crippen LogP contribution < -0.4 is 10.6 Å². The van der Waals surface area contributed by atoms with Crippen LogP contribution in [-0.2, 0) is 19.1 Å². The van der Waals surface area contributed by atoms with Gasteiger partial charge < -0.3 is 25.4 Å². The maximum atomic E-state index is 13.9. The zero-order chi connectivity index (χ0) is 24.8. The Hall–Kier alpha value is -2.45. The van der Waals surface area contributed by atoms with Crippen molar-refractivity contribution in [1.82, 2.24) is 10.2 Å². The third-order valence-corrected chi connectivity index (χ3v) is 7.80. The molecule has 3 amide bonds. The SMILES string of the molecule is CCCNC(=O)[C@@H]1[C@H]2C(=O)N([C@@H](CO)C(C)C)C(C(=O)Nc3cc(C)ccc3C)C23CC[C@H]1O3. The van der Waals surface area contributed by atoms with E-state index in [1.165, 1.54) is 4.90 Å². The molecule has 186 valence electrons. The molecule has 6 atom stereocenters. The summed E-state index contributed by atoms with van der Waals surface area (Å²) >= 11 is 0. The Labute approximate surface area is 201 Å². The third-order valence-electron chi connectivity index (χ3n) is 7.80. The molecule has 3 heterocycles. The normalized spacial score (nSPS) is 30.6. The van der Waals surface area contributed by atoms with E-state index in [4.69, 9.17) is 4.74 Å². The highest BCUT2D eigenvalue weighted by Crippen LogP contribution is 2.59. The molecular weight excluding hydrogens is 434 g/mol. The zero-order valence-electron chi connectivity index (χ0n) is 20.8. The Morgan fingerprint density at radius 2 is 2.00 bits per heavy atom. The Morgan fingerprint density at radius 1 is 1.26 bits per heavy atom. The molecule has 8 heteroatoms. The lowest BCUT2D eigenvalue weighted by Crippen LogP contribution is -2.57. The average Bonchev–Trinajstić information content (AvgIpc) is 3.43. The molecule has 2 unspecified atom stereocenters. The van der Waals surface area contributed by atoms with Crippen molar-refractivity contribution in [3.63, 3.8) is 0 Å². The molecule has 3 aliphatic rings. The number of hydrogen-bond acceptors (Lipinski definition) is 5. The molecule has 0 saturated carbocycles. The summed E-state index contributed by atoms with van der Waals surface area (Å²) in [5, 5.41) is 16.2. The van der Waals surface area contributed by atoms with Crippen LogP contribution in [0.5, 0.6) is 0 Å². The van der Waals surface area contributed by atoms with Gasteiger partial charge in [-0.15, -0.1) is 0 Å². The monoisotopic (exact) mass is 471 g/mol. The lowest BCUT2D eigenvalue weighted by atomic mass is 9.70. The Morgan fingerprint density at radius 3 is 2.65 bits per heavy atom. The molecule has 1 aromatic carbocycles. The van der Waals surface area contributed by atoms with E-state index in [1.807, 2.05) is 52.8 Å². The van der Waals surface area contributed by atoms with Gasteiger partial charge >= 0.3 is 0 Å². The minimum Gasteiger partial charge on any atom is -0.394 e. The second-order valence-electron chi connectivity index (χ2n) is 10.4. The molecule has 0 radical (unpaired) electrons. The van der Waals surface area contributed by atoms with Gasteiger partial charge in [0.05, 0.1) is 30.6 Å². The minimum atomic E-state index is -1.07. The Bertz CT molecular complexity index is 979. The number of benzene rings is 1. The molecule has 4 rings (SSSR count). The lowest BCUT2D eigenvalue weighted by molar-refractivity contribution is -0.145. The quantitative estimate of drug-likeness (QED) is 0.539. The number of rotatable bonds is 8. The van der Waals surface area contributed by atoms with Gasteiger partial charge in [-0.3, -0.25) is 14.4 Å². The number of aliphatic hydroxyl groups is 1. The molecule has 34 heavy (non-hydrogen) atoms. The predicted molar refractivity (Wildman–Crippen MR) is 128 cm³/mol. The van der Waals surface area contributed by atoms with E-state index in [-0.39, 0.29) is 36.4 Å². The van der Waals surface area contributed by atoms with E-state index in [1.54, 1.807) is 0 Å². The van der Waals surface area contributed by atoms with Crippen molar-refractivity contribution < 1.29 is 24.2 Å². The summed E-state index contributed by atoms with van der Waals surface area (Å²) in [5.74, 6) is -2.23. The molecule has 3 fully saturated rings. The van der Waals surface area contributed by atoms with Gasteiger partial charge in [0.25, 0.3) is 0 Å². The van der Waals surface area contributed by atoms with Gasteiger partial charge in [-0.05, 0) is 56.2 Å². The second kappa shape index (κ2) is 9.30. The number of nitrogens with one attached hydrogen (secondary N) is 2. The minimum absolute atomic E-state index is 0.0789. The van der Waals surface area contributed by atoms with Crippen molar-refractivity contribution in [3.8, 4) is 0 Å². The predicted octanol–water partition coefficient (Wildman–Crippen LogP) is 2.16. The van der Waals surface area contributed by atoms with Crippen LogP contribution in [0, 0.1) is 31.6 Å². The van der Waals surface area contributed by atoms with Crippen molar-refractivity contribution in [2.75, 3.05) is 18.5 Å². The van der Waals surface area contributed by atoms with Gasteiger partial charge in [0.1, 0.15) is 11.6 Å². The number of amides is 3. The zero-order valence-corrected chi connectivity index (χ0v) is 20.8. The standard InChI is InChI=1S/C26H37N3O5/c1-6-11-27-23(31)20-19-9-10-26(34-19)21(20)25(33)29(18(13-30)14(2)3)22(26)24(32)28-17-12-15(4)7-8-16(17)5/h7-8,12,14,18-22,30H,6,9-11,13H2,1-5H3,(H,27,31)(H,28,32)/t18-,19+,20-,21-,22?,26?/m0/s1. The Kier molecular flexibility index (Phi) is 6.75. The molecule has 1 aromatic rings. The molecule has 0 aromatic heterocycles. The van der Waals surface area contributed by atoms with E-state index < -0.39 is 29.5 Å². The first kappa shape index (κ1) is 24.7. The summed E-state index contributed by atoms with van der Waals surface area (Å²) in [6, 6.07) is 4.36. The average molecular weight is 472 g/mol. The van der Waals surface area contributed by atoms with Crippen LogP contribution in [0.2, 0.25) is 0 Å². The first-order valence-electron chi connectivity index (χ1n) is 12.4. The molecule has 2 bridgehead atoms. The molecule has 3 aliphatic heterocycles. The van der Waals surface area contributed by atoms with Crippen LogP contribution in [0.3, 0.4) is 0 Å². The first-order valence-corrected chi connectivity index (χ1v) is 12.4. The lowest BCUT2D eigenvalue weighted by Gasteiger charge is -2.38. The van der Waals surface area contributed by atoms with Crippen molar-refractivity contribution in [3.05, 3.63) is 29.3 Å². The maximum Gasteiger partial charge on any atom is 0.250 e. The van der Waals surface area contributed by atoms with Crippen molar-refractivity contribution in [2.24, 2.45) is 17.8 Å². The number of likely N-dealkylation sites (tertiary alicyclic amines) is 1. The largest absolute Gasteiger partial charge is 0.394 e. The van der Waals surface area contributed by atoms with E-state index in [0.717, 1.165) is 17.5 Å². The van der Waals surface area contributed by atoms with Crippen molar-refractivity contribution in [2.45, 2.75) is 77.7 Å². The summed E-state index contributed by atoms with van der Waals surface area (Å²) in [5.41, 5.74) is 1.55. The summed E-state index contributed by atoms with van der Waals surface area (Å²) < 4.78 is 6.43. The van der Waals surface area contributed by atoms with Crippen LogP contribution in [0.15, 0.2) is 18.2 Å². The van der Waals surface area contributed by atoms with Gasteiger partial charge in [-0.25, -0.2) is 0 Å². The fraction of sp³-hybridized carbons (Fsp3) is 0.654. The van der Waals surface area contributed by atoms with Gasteiger partial charge in [-0.2, -0.15) is 0 Å². The smallest absolute Gasteiger partial charge is 0.250 e. The maximum absolute atomic E-state index is 13.9. The van der Waals surface area contributed by atoms with E-state index >= 15 is 0 Å². The summed E-state index contributed by atoms with van der Waals surface area (Å²) in [6.45, 7) is 9.95. The van der Waals surface area contributed by atoms with Crippen LogP contribution in [0.25, 0.3) is 0 Å². The third kappa shape index (κ3) is 3.81. The number of hydrogen-bond donors (Lipinski definition) is 3. The fourth-order valence-corrected chi connectivity index (χ4v) is 6.11. The number of fused-ring (bicyclic) bond motifs is 1. The molecule has 8 nitrogen and oxygen atoms in total. The fourth-order valence-electron chi connectivity index (χ4n) is 6.11. The highest BCUT2D eigenvalue weighted by atomic mass is 16.5. The van der Waals surface area contributed by atoms with Crippen molar-refractivity contribution >= 4 is 23.4 Å². The van der Waals surface area contributed by atoms with Crippen LogP contribution in [-0.4, -0.2) is 64.7 Å². The molecule has 3 saturated heterocycles. The summed E-state index contributed by atoms with van der Waals surface area (Å²) in [4.78, 5) is 42.4. The second-order valence-corrected chi connectivity index (χ2v) is 10.4. The van der Waals surface area contributed by atoms with Gasteiger partial charge in [0, 0.05) is 12.2 Å². The van der Waals surface area contributed by atoms with E-state index in [9.17, 15) is 19.5 Å². The molecule has 1 spiro atoms. The van der Waals surface area contributed by atoms with Crippen molar-refractivity contribution in [1.29, 1.82) is 0 Å². The molecular formula is C26H37N3O5.